The Kier molecular flexibility index (Phi) is 7.52. The third-order valence-corrected chi connectivity index (χ3v) is 5.41. The molecule has 1 aromatic carbocycles. The summed E-state index contributed by atoms with van der Waals surface area (Å²) < 4.78 is 41.4. The molecule has 8 nitrogen and oxygen atoms in total. The fraction of sp³-hybridized carbons (Fsp3) is 0.476. The minimum Gasteiger partial charge on any atom is -0.352 e. The topological polar surface area (TPSA) is 85.0 Å². The van der Waals surface area contributed by atoms with Crippen molar-refractivity contribution in [1.29, 1.82) is 0 Å². The minimum absolute atomic E-state index is 0.0307. The second kappa shape index (κ2) is 10.1. The zero-order chi connectivity index (χ0) is 23.3. The fourth-order valence-corrected chi connectivity index (χ4v) is 3.81. The molecular weight excluding hydrogens is 427 g/mol. The lowest BCUT2D eigenvalue weighted by atomic mass is 10.1. The second-order valence-electron chi connectivity index (χ2n) is 7.74. The van der Waals surface area contributed by atoms with Crippen LogP contribution in [0.4, 0.5) is 24.5 Å². The van der Waals surface area contributed by atoms with Gasteiger partial charge in [-0.25, -0.2) is 0 Å². The monoisotopic (exact) mass is 453 g/mol. The molecule has 2 heterocycles. The molecule has 0 aromatic heterocycles. The second-order valence-corrected chi connectivity index (χ2v) is 7.74. The molecule has 2 aliphatic rings. The van der Waals surface area contributed by atoms with E-state index in [1.54, 1.807) is 17.0 Å². The van der Waals surface area contributed by atoms with E-state index in [1.807, 2.05) is 4.90 Å². The van der Waals surface area contributed by atoms with Crippen LogP contribution in [0.1, 0.15) is 6.42 Å². The summed E-state index contributed by atoms with van der Waals surface area (Å²) >= 11 is 0. The van der Waals surface area contributed by atoms with Gasteiger partial charge in [-0.2, -0.15) is 13.2 Å². The van der Waals surface area contributed by atoms with Crippen LogP contribution in [-0.4, -0.2) is 85.6 Å². The van der Waals surface area contributed by atoms with Gasteiger partial charge in [0.15, 0.2) is 0 Å². The molecule has 1 aromatic rings. The molecule has 174 valence electrons. The molecule has 0 aliphatic carbocycles. The molecular formula is C21H26F3N5O3. The Morgan fingerprint density at radius 3 is 2.38 bits per heavy atom. The number of hydrogen-bond acceptors (Lipinski definition) is 5. The lowest BCUT2D eigenvalue weighted by Crippen LogP contribution is -2.55. The smallest absolute Gasteiger partial charge is 0.352 e. The highest BCUT2D eigenvalue weighted by Crippen LogP contribution is 2.37. The number of rotatable bonds is 6. The molecule has 1 fully saturated rings. The summed E-state index contributed by atoms with van der Waals surface area (Å²) in [4.78, 5) is 41.3. The summed E-state index contributed by atoms with van der Waals surface area (Å²) in [7, 11) is 0. The summed E-state index contributed by atoms with van der Waals surface area (Å²) in [5.41, 5.74) is 0.205. The van der Waals surface area contributed by atoms with Crippen molar-refractivity contribution in [2.24, 2.45) is 0 Å². The molecule has 0 spiro atoms. The quantitative estimate of drug-likeness (QED) is 0.633. The third kappa shape index (κ3) is 5.86. The molecule has 2 aliphatic heterocycles. The average Bonchev–Trinajstić information content (AvgIpc) is 2.89. The summed E-state index contributed by atoms with van der Waals surface area (Å²) in [5, 5.41) is 5.15. The first-order valence-electron chi connectivity index (χ1n) is 10.3. The molecule has 3 rings (SSSR count). The van der Waals surface area contributed by atoms with E-state index in [4.69, 9.17) is 0 Å². The predicted octanol–water partition coefficient (Wildman–Crippen LogP) is 1.21. The molecule has 1 saturated heterocycles. The van der Waals surface area contributed by atoms with Crippen molar-refractivity contribution in [3.8, 4) is 0 Å². The standard InChI is InChI=1S/C21H26F3N5O3/c1-2-7-25-19(31)13-27-8-10-28(11-9-27)14-20(32)29-16-6-4-3-5-15(16)26-18(30)12-17(29)21(22,23)24/h2-6,17H,1,7-14H2,(H,25,31)(H,26,30). The van der Waals surface area contributed by atoms with E-state index in [9.17, 15) is 27.6 Å². The number of amides is 3. The molecule has 32 heavy (non-hydrogen) atoms. The van der Waals surface area contributed by atoms with Gasteiger partial charge in [0, 0.05) is 32.7 Å². The Hall–Kier alpha value is -2.92. The first-order chi connectivity index (χ1) is 15.2. The number of para-hydroxylation sites is 2. The average molecular weight is 453 g/mol. The van der Waals surface area contributed by atoms with Crippen LogP contribution in [0.2, 0.25) is 0 Å². The first-order valence-corrected chi connectivity index (χ1v) is 10.3. The maximum atomic E-state index is 13.8. The van der Waals surface area contributed by atoms with Gasteiger partial charge in [0.25, 0.3) is 0 Å². The highest BCUT2D eigenvalue weighted by Gasteiger charge is 2.49. The van der Waals surface area contributed by atoms with Crippen LogP contribution in [-0.2, 0) is 14.4 Å². The summed E-state index contributed by atoms with van der Waals surface area (Å²) in [6.07, 6.45) is -4.04. The number of nitrogens with zero attached hydrogens (tertiary/aromatic N) is 3. The van der Waals surface area contributed by atoms with Crippen molar-refractivity contribution in [2.45, 2.75) is 18.6 Å². The molecule has 1 unspecified atom stereocenters. The van der Waals surface area contributed by atoms with Crippen molar-refractivity contribution in [2.75, 3.05) is 56.0 Å². The van der Waals surface area contributed by atoms with Gasteiger partial charge >= 0.3 is 6.18 Å². The van der Waals surface area contributed by atoms with Crippen molar-refractivity contribution >= 4 is 29.1 Å². The van der Waals surface area contributed by atoms with Gasteiger partial charge in [0.2, 0.25) is 17.7 Å². The van der Waals surface area contributed by atoms with E-state index in [0.717, 1.165) is 0 Å². The predicted molar refractivity (Wildman–Crippen MR) is 113 cm³/mol. The SMILES string of the molecule is C=CCNC(=O)CN1CCN(CC(=O)N2c3ccccc3NC(=O)CC2C(F)(F)F)CC1. The lowest BCUT2D eigenvalue weighted by molar-refractivity contribution is -0.158. The summed E-state index contributed by atoms with van der Waals surface area (Å²) in [6.45, 7) is 5.79. The van der Waals surface area contributed by atoms with Crippen LogP contribution >= 0.6 is 0 Å². The molecule has 3 amide bonds. The number of piperazine rings is 1. The third-order valence-electron chi connectivity index (χ3n) is 5.41. The van der Waals surface area contributed by atoms with Crippen LogP contribution < -0.4 is 15.5 Å². The molecule has 1 atom stereocenters. The number of benzene rings is 1. The fourth-order valence-electron chi connectivity index (χ4n) is 3.81. The largest absolute Gasteiger partial charge is 0.409 e. The number of halogens is 3. The number of alkyl halides is 3. The normalized spacial score (nSPS) is 20.2. The molecule has 0 radical (unpaired) electrons. The number of carbonyl (C=O) groups excluding carboxylic acids is 3. The van der Waals surface area contributed by atoms with Crippen LogP contribution in [0.5, 0.6) is 0 Å². The van der Waals surface area contributed by atoms with Gasteiger partial charge in [-0.15, -0.1) is 6.58 Å². The minimum atomic E-state index is -4.76. The van der Waals surface area contributed by atoms with Crippen molar-refractivity contribution in [1.82, 2.24) is 15.1 Å². The highest BCUT2D eigenvalue weighted by atomic mass is 19.4. The maximum Gasteiger partial charge on any atom is 0.409 e. The Morgan fingerprint density at radius 1 is 1.12 bits per heavy atom. The number of fused-ring (bicyclic) bond motifs is 1. The maximum absolute atomic E-state index is 13.8. The van der Waals surface area contributed by atoms with Crippen molar-refractivity contribution in [3.05, 3.63) is 36.9 Å². The molecule has 2 N–H and O–H groups in total. The Morgan fingerprint density at radius 2 is 1.75 bits per heavy atom. The number of carbonyl (C=O) groups is 3. The van der Waals surface area contributed by atoms with E-state index < -0.39 is 30.5 Å². The van der Waals surface area contributed by atoms with E-state index >= 15 is 0 Å². The Bertz CT molecular complexity index is 868. The van der Waals surface area contributed by atoms with Gasteiger partial charge in [0.05, 0.1) is 30.9 Å². The van der Waals surface area contributed by atoms with Gasteiger partial charge in [-0.1, -0.05) is 18.2 Å². The molecule has 0 bridgehead atoms. The first kappa shape index (κ1) is 23.7. The van der Waals surface area contributed by atoms with E-state index in [2.05, 4.69) is 17.2 Å². The van der Waals surface area contributed by atoms with E-state index in [1.165, 1.54) is 18.2 Å². The Labute approximate surface area is 184 Å². The van der Waals surface area contributed by atoms with Crippen LogP contribution in [0, 0.1) is 0 Å². The number of nitrogens with one attached hydrogen (secondary N) is 2. The van der Waals surface area contributed by atoms with Gasteiger partial charge in [-0.05, 0) is 12.1 Å². The van der Waals surface area contributed by atoms with Crippen LogP contribution in [0.25, 0.3) is 0 Å². The zero-order valence-corrected chi connectivity index (χ0v) is 17.5. The lowest BCUT2D eigenvalue weighted by Gasteiger charge is -2.37. The van der Waals surface area contributed by atoms with E-state index in [0.29, 0.717) is 37.6 Å². The number of hydrogen-bond donors (Lipinski definition) is 2. The Balaban J connectivity index is 1.68. The highest BCUT2D eigenvalue weighted by molar-refractivity contribution is 6.05. The van der Waals surface area contributed by atoms with Crippen molar-refractivity contribution < 1.29 is 27.6 Å². The van der Waals surface area contributed by atoms with Gasteiger partial charge in [-0.3, -0.25) is 29.1 Å². The van der Waals surface area contributed by atoms with Crippen LogP contribution in [0.3, 0.4) is 0 Å². The van der Waals surface area contributed by atoms with E-state index in [-0.39, 0.29) is 30.4 Å². The van der Waals surface area contributed by atoms with Crippen LogP contribution in [0.15, 0.2) is 36.9 Å². The molecule has 0 saturated carbocycles. The summed E-state index contributed by atoms with van der Waals surface area (Å²) in [5.74, 6) is -1.66. The zero-order valence-electron chi connectivity index (χ0n) is 17.5. The number of anilines is 2. The van der Waals surface area contributed by atoms with Gasteiger partial charge in [0.1, 0.15) is 6.04 Å². The van der Waals surface area contributed by atoms with Crippen molar-refractivity contribution in [3.63, 3.8) is 0 Å². The summed E-state index contributed by atoms with van der Waals surface area (Å²) in [6, 6.07) is 3.74. The molecule has 11 heteroatoms. The van der Waals surface area contributed by atoms with Gasteiger partial charge < -0.3 is 10.6 Å².